The van der Waals surface area contributed by atoms with Crippen LogP contribution in [0.4, 0.5) is 0 Å². The zero-order valence-electron chi connectivity index (χ0n) is 8.16. The third kappa shape index (κ3) is 1.88. The van der Waals surface area contributed by atoms with Crippen molar-refractivity contribution >= 4 is 0 Å². The first-order valence-electron chi connectivity index (χ1n) is 4.19. The van der Waals surface area contributed by atoms with Gasteiger partial charge in [0.1, 0.15) is 0 Å². The molecule has 2 heteroatoms. The van der Waals surface area contributed by atoms with Crippen LogP contribution in [0.25, 0.3) is 0 Å². The lowest BCUT2D eigenvalue weighted by molar-refractivity contribution is 0.148. The van der Waals surface area contributed by atoms with E-state index in [0.717, 1.165) is 11.1 Å². The normalized spacial score (nSPS) is 12.2. The van der Waals surface area contributed by atoms with Crippen molar-refractivity contribution in [2.45, 2.75) is 20.0 Å². The maximum absolute atomic E-state index is 8.82. The fourth-order valence-corrected chi connectivity index (χ4v) is 1.31. The molecule has 1 rings (SSSR count). The average molecular weight is 175 g/mol. The van der Waals surface area contributed by atoms with Crippen molar-refractivity contribution in [2.75, 3.05) is 7.11 Å². The number of hydrogen-bond donors (Lipinski definition) is 0. The molecule has 0 aromatic heterocycles. The lowest BCUT2D eigenvalue weighted by Gasteiger charge is -2.11. The minimum absolute atomic E-state index is 0.445. The first kappa shape index (κ1) is 9.76. The summed E-state index contributed by atoms with van der Waals surface area (Å²) in [5.74, 6) is 0. The maximum Gasteiger partial charge on any atom is 0.168 e. The van der Waals surface area contributed by atoms with Crippen LogP contribution in [0.15, 0.2) is 18.2 Å². The van der Waals surface area contributed by atoms with Gasteiger partial charge in [0.2, 0.25) is 0 Å². The summed E-state index contributed by atoms with van der Waals surface area (Å²) < 4.78 is 5.06. The lowest BCUT2D eigenvalue weighted by Crippen LogP contribution is -2.01. The minimum Gasteiger partial charge on any atom is -0.362 e. The van der Waals surface area contributed by atoms with E-state index in [4.69, 9.17) is 10.00 Å². The number of aryl methyl sites for hydroxylation is 1. The van der Waals surface area contributed by atoms with E-state index in [-0.39, 0.29) is 0 Å². The molecule has 0 fully saturated rings. The first-order valence-corrected chi connectivity index (χ1v) is 4.19. The van der Waals surface area contributed by atoms with Crippen LogP contribution in [-0.2, 0) is 4.74 Å². The van der Waals surface area contributed by atoms with Crippen LogP contribution in [0.2, 0.25) is 0 Å². The predicted octanol–water partition coefficient (Wildman–Crippen LogP) is 2.51. The number of hydrogen-bond acceptors (Lipinski definition) is 2. The molecule has 0 radical (unpaired) electrons. The Kier molecular flexibility index (Phi) is 3.05. The summed E-state index contributed by atoms with van der Waals surface area (Å²) in [5, 5.41) is 8.82. The van der Waals surface area contributed by atoms with Gasteiger partial charge < -0.3 is 4.74 Å². The highest BCUT2D eigenvalue weighted by atomic mass is 16.5. The van der Waals surface area contributed by atoms with Gasteiger partial charge in [-0.25, -0.2) is 0 Å². The molecule has 0 bridgehead atoms. The molecule has 0 N–H and O–H groups in total. The molecule has 0 aliphatic heterocycles. The van der Waals surface area contributed by atoms with E-state index in [1.807, 2.05) is 32.0 Å². The Morgan fingerprint density at radius 2 is 2.08 bits per heavy atom. The van der Waals surface area contributed by atoms with E-state index in [2.05, 4.69) is 6.07 Å². The van der Waals surface area contributed by atoms with Gasteiger partial charge in [-0.15, -0.1) is 0 Å². The summed E-state index contributed by atoms with van der Waals surface area (Å²) in [6.07, 6.45) is -0.445. The van der Waals surface area contributed by atoms with E-state index in [9.17, 15) is 0 Å². The van der Waals surface area contributed by atoms with Crippen LogP contribution < -0.4 is 0 Å². The van der Waals surface area contributed by atoms with Crippen LogP contribution in [0.1, 0.15) is 22.8 Å². The quantitative estimate of drug-likeness (QED) is 0.692. The molecule has 1 aromatic carbocycles. The van der Waals surface area contributed by atoms with Gasteiger partial charge in [0.05, 0.1) is 6.07 Å². The fraction of sp³-hybridized carbons (Fsp3) is 0.364. The third-order valence-corrected chi connectivity index (χ3v) is 2.28. The summed E-state index contributed by atoms with van der Waals surface area (Å²) in [6.45, 7) is 4.04. The van der Waals surface area contributed by atoms with E-state index in [1.54, 1.807) is 7.11 Å². The summed E-state index contributed by atoms with van der Waals surface area (Å²) in [4.78, 5) is 0. The molecule has 1 aromatic rings. The average Bonchev–Trinajstić information content (AvgIpc) is 2.14. The highest BCUT2D eigenvalue weighted by Gasteiger charge is 2.11. The largest absolute Gasteiger partial charge is 0.362 e. The Labute approximate surface area is 78.8 Å². The van der Waals surface area contributed by atoms with Crippen molar-refractivity contribution in [1.82, 2.24) is 0 Å². The van der Waals surface area contributed by atoms with Gasteiger partial charge in [0.15, 0.2) is 6.10 Å². The topological polar surface area (TPSA) is 33.0 Å². The van der Waals surface area contributed by atoms with Crippen LogP contribution in [0, 0.1) is 25.2 Å². The Morgan fingerprint density at radius 3 is 2.62 bits per heavy atom. The van der Waals surface area contributed by atoms with E-state index in [0.29, 0.717) is 0 Å². The molecule has 0 aliphatic rings. The smallest absolute Gasteiger partial charge is 0.168 e. The van der Waals surface area contributed by atoms with Crippen molar-refractivity contribution in [1.29, 1.82) is 5.26 Å². The Hall–Kier alpha value is -1.33. The molecular weight excluding hydrogens is 162 g/mol. The molecule has 0 saturated heterocycles. The van der Waals surface area contributed by atoms with Gasteiger partial charge in [-0.1, -0.05) is 18.2 Å². The van der Waals surface area contributed by atoms with Crippen molar-refractivity contribution in [3.05, 3.63) is 34.9 Å². The van der Waals surface area contributed by atoms with Crippen LogP contribution in [0.5, 0.6) is 0 Å². The molecule has 0 heterocycles. The standard InChI is InChI=1S/C11H13NO/c1-8-5-4-6-10(9(8)2)11(7-12)13-3/h4-6,11H,1-3H3. The molecule has 1 unspecified atom stereocenters. The molecule has 1 atom stereocenters. The second-order valence-electron chi connectivity index (χ2n) is 3.03. The van der Waals surface area contributed by atoms with Gasteiger partial charge >= 0.3 is 0 Å². The van der Waals surface area contributed by atoms with E-state index in [1.165, 1.54) is 5.56 Å². The molecule has 0 spiro atoms. The summed E-state index contributed by atoms with van der Waals surface area (Å²) >= 11 is 0. The number of ether oxygens (including phenoxy) is 1. The second kappa shape index (κ2) is 4.06. The number of nitriles is 1. The molecule has 0 saturated carbocycles. The molecule has 0 aliphatic carbocycles. The maximum atomic E-state index is 8.82. The van der Waals surface area contributed by atoms with Crippen LogP contribution in [-0.4, -0.2) is 7.11 Å². The molecule has 68 valence electrons. The Morgan fingerprint density at radius 1 is 1.38 bits per heavy atom. The Bertz CT molecular complexity index is 338. The molecule has 2 nitrogen and oxygen atoms in total. The lowest BCUT2D eigenvalue weighted by atomic mass is 10.00. The van der Waals surface area contributed by atoms with Gasteiger partial charge in [0.25, 0.3) is 0 Å². The number of rotatable bonds is 2. The van der Waals surface area contributed by atoms with E-state index >= 15 is 0 Å². The SMILES string of the molecule is COC(C#N)c1cccc(C)c1C. The van der Waals surface area contributed by atoms with E-state index < -0.39 is 6.10 Å². The molecule has 13 heavy (non-hydrogen) atoms. The summed E-state index contributed by atoms with van der Waals surface area (Å²) in [5.41, 5.74) is 3.29. The molecular formula is C11H13NO. The predicted molar refractivity (Wildman–Crippen MR) is 51.3 cm³/mol. The number of methoxy groups -OCH3 is 1. The Balaban J connectivity index is 3.15. The first-order chi connectivity index (χ1) is 6.20. The second-order valence-corrected chi connectivity index (χ2v) is 3.03. The zero-order chi connectivity index (χ0) is 9.84. The van der Waals surface area contributed by atoms with Crippen LogP contribution >= 0.6 is 0 Å². The summed E-state index contributed by atoms with van der Waals surface area (Å²) in [6, 6.07) is 8.02. The van der Waals surface area contributed by atoms with Gasteiger partial charge in [-0.2, -0.15) is 5.26 Å². The minimum atomic E-state index is -0.445. The monoisotopic (exact) mass is 175 g/mol. The van der Waals surface area contributed by atoms with Crippen molar-refractivity contribution in [3.8, 4) is 6.07 Å². The number of nitrogens with zero attached hydrogens (tertiary/aromatic N) is 1. The van der Waals surface area contributed by atoms with Crippen molar-refractivity contribution in [2.24, 2.45) is 0 Å². The highest BCUT2D eigenvalue weighted by molar-refractivity contribution is 5.36. The zero-order valence-corrected chi connectivity index (χ0v) is 8.16. The summed E-state index contributed by atoms with van der Waals surface area (Å²) in [7, 11) is 1.55. The fourth-order valence-electron chi connectivity index (χ4n) is 1.31. The highest BCUT2D eigenvalue weighted by Crippen LogP contribution is 2.21. The van der Waals surface area contributed by atoms with Crippen molar-refractivity contribution < 1.29 is 4.74 Å². The van der Waals surface area contributed by atoms with Crippen LogP contribution in [0.3, 0.4) is 0 Å². The van der Waals surface area contributed by atoms with Gasteiger partial charge in [0, 0.05) is 7.11 Å². The molecule has 0 amide bonds. The third-order valence-electron chi connectivity index (χ3n) is 2.28. The van der Waals surface area contributed by atoms with Gasteiger partial charge in [-0.3, -0.25) is 0 Å². The van der Waals surface area contributed by atoms with Gasteiger partial charge in [-0.05, 0) is 30.5 Å². The number of benzene rings is 1. The van der Waals surface area contributed by atoms with Crippen molar-refractivity contribution in [3.63, 3.8) is 0 Å².